The van der Waals surface area contributed by atoms with Gasteiger partial charge in [-0.2, -0.15) is 0 Å². The summed E-state index contributed by atoms with van der Waals surface area (Å²) in [6.45, 7) is 4.74. The molecule has 2 aliphatic rings. The lowest BCUT2D eigenvalue weighted by Gasteiger charge is -2.32. The summed E-state index contributed by atoms with van der Waals surface area (Å²) < 4.78 is 2.21. The Morgan fingerprint density at radius 3 is 1.98 bits per heavy atom. The monoisotopic (exact) mass is 602 g/mol. The minimum Gasteiger partial charge on any atom is -0.285 e. The largest absolute Gasteiger partial charge is 0.285 e. The Bertz CT molecular complexity index is 2350. The first-order valence-electron chi connectivity index (χ1n) is 16.6. The van der Waals surface area contributed by atoms with Gasteiger partial charge in [0.1, 0.15) is 5.82 Å². The third kappa shape index (κ3) is 4.38. The van der Waals surface area contributed by atoms with Crippen LogP contribution in [0.25, 0.3) is 49.9 Å². The van der Waals surface area contributed by atoms with Crippen LogP contribution < -0.4 is 0 Å². The molecule has 0 fully saturated rings. The van der Waals surface area contributed by atoms with Gasteiger partial charge >= 0.3 is 0 Å². The molecule has 47 heavy (non-hydrogen) atoms. The molecule has 1 heterocycles. The molecular weight excluding hydrogens is 569 g/mol. The van der Waals surface area contributed by atoms with Crippen molar-refractivity contribution in [2.24, 2.45) is 5.92 Å². The summed E-state index contributed by atoms with van der Waals surface area (Å²) in [5, 5.41) is 5.41. The number of imidazole rings is 1. The van der Waals surface area contributed by atoms with Crippen molar-refractivity contribution in [3.63, 3.8) is 0 Å². The first-order chi connectivity index (χ1) is 23.2. The molecule has 2 heteroatoms. The normalized spacial score (nSPS) is 20.3. The zero-order valence-corrected chi connectivity index (χ0v) is 26.6. The molecule has 0 bridgehead atoms. The van der Waals surface area contributed by atoms with Crippen molar-refractivity contribution in [1.82, 2.24) is 9.55 Å². The molecule has 0 amide bonds. The van der Waals surface area contributed by atoms with Gasteiger partial charge in [-0.05, 0) is 86.0 Å². The van der Waals surface area contributed by atoms with Crippen LogP contribution in [0, 0.1) is 18.1 Å². The van der Waals surface area contributed by atoms with Crippen molar-refractivity contribution < 1.29 is 0 Å². The SMILES string of the molecule is CC1C=C(c2nc3ccccc3n2-c2c#cccc2)C=CC1c1c2ccccc2c([C@H]2C=Cc3ccccc3[C@@H]2C)c2ccccc12. The van der Waals surface area contributed by atoms with Crippen LogP contribution >= 0.6 is 0 Å². The molecular formula is C45H34N2. The van der Waals surface area contributed by atoms with Crippen LogP contribution in [-0.2, 0) is 0 Å². The zero-order chi connectivity index (χ0) is 31.5. The summed E-state index contributed by atoms with van der Waals surface area (Å²) >= 11 is 0. The molecule has 0 spiro atoms. The molecule has 0 N–H and O–H groups in total. The van der Waals surface area contributed by atoms with Crippen molar-refractivity contribution in [2.45, 2.75) is 31.6 Å². The maximum Gasteiger partial charge on any atom is 0.145 e. The number of rotatable bonds is 4. The fourth-order valence-corrected chi connectivity index (χ4v) is 8.18. The van der Waals surface area contributed by atoms with Gasteiger partial charge in [0.2, 0.25) is 0 Å². The second-order valence-corrected chi connectivity index (χ2v) is 13.0. The fraction of sp³-hybridized carbons (Fsp3) is 0.133. The summed E-state index contributed by atoms with van der Waals surface area (Å²) in [5.74, 6) is 2.09. The lowest BCUT2D eigenvalue weighted by Crippen LogP contribution is -2.15. The van der Waals surface area contributed by atoms with Crippen LogP contribution in [0.3, 0.4) is 0 Å². The van der Waals surface area contributed by atoms with Crippen molar-refractivity contribution in [1.29, 1.82) is 0 Å². The number of nitrogens with zero attached hydrogens (tertiary/aromatic N) is 2. The van der Waals surface area contributed by atoms with Gasteiger partial charge in [-0.15, -0.1) is 0 Å². The van der Waals surface area contributed by atoms with Crippen LogP contribution in [0.2, 0.25) is 0 Å². The zero-order valence-electron chi connectivity index (χ0n) is 26.6. The number of fused-ring (bicyclic) bond motifs is 4. The van der Waals surface area contributed by atoms with Gasteiger partial charge in [-0.1, -0.05) is 141 Å². The molecule has 9 rings (SSSR count). The van der Waals surface area contributed by atoms with Gasteiger partial charge in [-0.25, -0.2) is 4.98 Å². The Kier molecular flexibility index (Phi) is 6.47. The summed E-state index contributed by atoms with van der Waals surface area (Å²) in [4.78, 5) is 5.13. The summed E-state index contributed by atoms with van der Waals surface area (Å²) in [6, 6.07) is 47.8. The predicted octanol–water partition coefficient (Wildman–Crippen LogP) is 11.2. The van der Waals surface area contributed by atoms with E-state index in [1.165, 1.54) is 43.8 Å². The highest BCUT2D eigenvalue weighted by molar-refractivity contribution is 6.07. The highest BCUT2D eigenvalue weighted by Crippen LogP contribution is 2.49. The van der Waals surface area contributed by atoms with Gasteiger partial charge in [0.15, 0.2) is 0 Å². The number of aromatic nitrogens is 2. The van der Waals surface area contributed by atoms with Crippen molar-refractivity contribution >= 4 is 44.2 Å². The van der Waals surface area contributed by atoms with Gasteiger partial charge < -0.3 is 0 Å². The Balaban J connectivity index is 1.19. The summed E-state index contributed by atoms with van der Waals surface area (Å²) in [5.41, 5.74) is 9.73. The van der Waals surface area contributed by atoms with E-state index in [9.17, 15) is 0 Å². The molecule has 7 aromatic rings. The van der Waals surface area contributed by atoms with E-state index < -0.39 is 0 Å². The molecule has 224 valence electrons. The van der Waals surface area contributed by atoms with E-state index >= 15 is 0 Å². The average molecular weight is 603 g/mol. The lowest BCUT2D eigenvalue weighted by atomic mass is 9.72. The standard InChI is InChI=1S/C45H34N2/c1-29-28-32(45-46-41-22-12-13-23-42(41)47(45)33-15-4-3-5-16-33)25-26-34(29)43-37-18-8-10-20-39(37)44(40-21-11-9-19-38(40)43)36-27-24-31-14-6-7-17-35(31)30(36)2/h3-4,6-15,17-30,34,36H,1-2H3/t29?,30-,34?,36-/m0/s1. The van der Waals surface area contributed by atoms with E-state index in [0.717, 1.165) is 28.1 Å². The van der Waals surface area contributed by atoms with Crippen molar-refractivity contribution in [2.75, 3.05) is 0 Å². The van der Waals surface area contributed by atoms with Gasteiger partial charge in [-0.3, -0.25) is 4.57 Å². The molecule has 1 aromatic heterocycles. The molecule has 0 saturated carbocycles. The van der Waals surface area contributed by atoms with Crippen molar-refractivity contribution in [3.8, 4) is 5.69 Å². The van der Waals surface area contributed by atoms with Gasteiger partial charge in [0.25, 0.3) is 0 Å². The van der Waals surface area contributed by atoms with Crippen LogP contribution in [0.5, 0.6) is 0 Å². The third-order valence-corrected chi connectivity index (χ3v) is 10.4. The Hall–Kier alpha value is -5.65. The third-order valence-electron chi connectivity index (χ3n) is 10.4. The van der Waals surface area contributed by atoms with Crippen LogP contribution in [0.15, 0.2) is 140 Å². The van der Waals surface area contributed by atoms with E-state index in [4.69, 9.17) is 4.98 Å². The molecule has 6 aromatic carbocycles. The first kappa shape index (κ1) is 27.6. The minimum absolute atomic E-state index is 0.220. The molecule has 0 aliphatic heterocycles. The predicted molar refractivity (Wildman–Crippen MR) is 196 cm³/mol. The number of hydrogen-bond acceptors (Lipinski definition) is 1. The van der Waals surface area contributed by atoms with E-state index in [2.05, 4.69) is 164 Å². The topological polar surface area (TPSA) is 17.8 Å². The highest BCUT2D eigenvalue weighted by atomic mass is 15.1. The maximum absolute atomic E-state index is 5.13. The second-order valence-electron chi connectivity index (χ2n) is 13.0. The first-order valence-corrected chi connectivity index (χ1v) is 16.6. The van der Waals surface area contributed by atoms with Gasteiger partial charge in [0, 0.05) is 17.4 Å². The summed E-state index contributed by atoms with van der Waals surface area (Å²) in [6.07, 6.45) is 11.9. The second kappa shape index (κ2) is 11.0. The number of benzene rings is 5. The van der Waals surface area contributed by atoms with E-state index in [1.807, 2.05) is 12.1 Å². The van der Waals surface area contributed by atoms with E-state index in [1.54, 1.807) is 0 Å². The van der Waals surface area contributed by atoms with Crippen LogP contribution in [-0.4, -0.2) is 9.55 Å². The Morgan fingerprint density at radius 1 is 0.638 bits per heavy atom. The van der Waals surface area contributed by atoms with E-state index in [-0.39, 0.29) is 11.8 Å². The Morgan fingerprint density at radius 2 is 1.28 bits per heavy atom. The molecule has 0 saturated heterocycles. The Labute approximate surface area is 276 Å². The number of para-hydroxylation sites is 2. The quantitative estimate of drug-likeness (QED) is 0.183. The van der Waals surface area contributed by atoms with E-state index in [0.29, 0.717) is 11.8 Å². The highest BCUT2D eigenvalue weighted by Gasteiger charge is 2.30. The number of allylic oxidation sites excluding steroid dienone is 5. The molecule has 2 nitrogen and oxygen atoms in total. The van der Waals surface area contributed by atoms with Crippen LogP contribution in [0.1, 0.15) is 59.7 Å². The average Bonchev–Trinajstić information content (AvgIpc) is 3.52. The fourth-order valence-electron chi connectivity index (χ4n) is 8.18. The van der Waals surface area contributed by atoms with Crippen molar-refractivity contribution in [3.05, 3.63) is 180 Å². The number of hydrogen-bond donors (Lipinski definition) is 0. The summed E-state index contributed by atoms with van der Waals surface area (Å²) in [7, 11) is 0. The smallest absolute Gasteiger partial charge is 0.145 e. The lowest BCUT2D eigenvalue weighted by molar-refractivity contribution is 0.643. The molecule has 2 aliphatic carbocycles. The molecule has 0 radical (unpaired) electrons. The minimum atomic E-state index is 0.220. The van der Waals surface area contributed by atoms with Gasteiger partial charge in [0.05, 0.1) is 16.7 Å². The van der Waals surface area contributed by atoms with Crippen LogP contribution in [0.4, 0.5) is 0 Å². The maximum atomic E-state index is 5.13. The molecule has 4 atom stereocenters. The molecule has 2 unspecified atom stereocenters.